The van der Waals surface area contributed by atoms with E-state index < -0.39 is 0 Å². The lowest BCUT2D eigenvalue weighted by Gasteiger charge is -2.29. The molecule has 3 atom stereocenters. The van der Waals surface area contributed by atoms with Crippen molar-refractivity contribution < 1.29 is 0 Å². The Hall–Kier alpha value is -0.160. The lowest BCUT2D eigenvalue weighted by atomic mass is 10.1. The second-order valence-electron chi connectivity index (χ2n) is 5.14. The first kappa shape index (κ1) is 12.3. The van der Waals surface area contributed by atoms with E-state index in [1.54, 1.807) is 0 Å². The molecule has 0 aromatic rings. The Balaban J connectivity index is 1.83. The highest BCUT2D eigenvalue weighted by atomic mass is 15.3. The van der Waals surface area contributed by atoms with Crippen LogP contribution >= 0.6 is 0 Å². The molecule has 4 heteroatoms. The van der Waals surface area contributed by atoms with Crippen LogP contribution in [0.4, 0.5) is 0 Å². The Bertz CT molecular complexity index is 209. The molecule has 2 saturated heterocycles. The van der Waals surface area contributed by atoms with E-state index in [9.17, 15) is 0 Å². The molecule has 2 heterocycles. The second kappa shape index (κ2) is 5.96. The fraction of sp³-hybridized carbons (Fsp3) is 1.00. The average Bonchev–Trinajstić information content (AvgIpc) is 2.94. The molecule has 0 spiro atoms. The zero-order chi connectivity index (χ0) is 11.4. The summed E-state index contributed by atoms with van der Waals surface area (Å²) >= 11 is 0. The Kier molecular flexibility index (Phi) is 4.58. The molecule has 2 aliphatic rings. The van der Waals surface area contributed by atoms with Gasteiger partial charge in [-0.05, 0) is 38.4 Å². The summed E-state index contributed by atoms with van der Waals surface area (Å²) in [7, 11) is 0. The second-order valence-corrected chi connectivity index (χ2v) is 5.14. The van der Waals surface area contributed by atoms with Crippen molar-refractivity contribution in [1.29, 1.82) is 0 Å². The van der Waals surface area contributed by atoms with Crippen molar-refractivity contribution in [3.8, 4) is 0 Å². The Morgan fingerprint density at radius 3 is 3.00 bits per heavy atom. The quantitative estimate of drug-likeness (QED) is 0.608. The summed E-state index contributed by atoms with van der Waals surface area (Å²) < 4.78 is 0. The van der Waals surface area contributed by atoms with Gasteiger partial charge in [-0.25, -0.2) is 0 Å². The summed E-state index contributed by atoms with van der Waals surface area (Å²) in [5.41, 5.74) is 5.75. The van der Waals surface area contributed by atoms with Gasteiger partial charge in [0, 0.05) is 25.6 Å². The van der Waals surface area contributed by atoms with E-state index in [4.69, 9.17) is 5.73 Å². The first-order valence-electron chi connectivity index (χ1n) is 6.73. The molecule has 0 bridgehead atoms. The van der Waals surface area contributed by atoms with Crippen molar-refractivity contribution in [3.63, 3.8) is 0 Å². The van der Waals surface area contributed by atoms with Gasteiger partial charge in [0.05, 0.1) is 6.17 Å². The SMILES string of the molecule is CCNCC1CCNC1N1CCC(CN)C1. The molecular formula is C12H26N4. The Morgan fingerprint density at radius 1 is 1.44 bits per heavy atom. The lowest BCUT2D eigenvalue weighted by Crippen LogP contribution is -2.46. The highest BCUT2D eigenvalue weighted by Crippen LogP contribution is 2.24. The van der Waals surface area contributed by atoms with E-state index in [1.807, 2.05) is 0 Å². The topological polar surface area (TPSA) is 53.3 Å². The van der Waals surface area contributed by atoms with E-state index in [0.717, 1.165) is 31.5 Å². The minimum Gasteiger partial charge on any atom is -0.330 e. The third-order valence-electron chi connectivity index (χ3n) is 4.02. The predicted molar refractivity (Wildman–Crippen MR) is 67.2 cm³/mol. The van der Waals surface area contributed by atoms with Gasteiger partial charge in [-0.2, -0.15) is 0 Å². The summed E-state index contributed by atoms with van der Waals surface area (Å²) in [5, 5.41) is 7.12. The first-order chi connectivity index (χ1) is 7.85. The number of nitrogens with two attached hydrogens (primary N) is 1. The molecule has 4 N–H and O–H groups in total. The number of nitrogens with one attached hydrogen (secondary N) is 2. The van der Waals surface area contributed by atoms with Gasteiger partial charge in [-0.15, -0.1) is 0 Å². The maximum atomic E-state index is 5.75. The molecule has 0 aromatic heterocycles. The van der Waals surface area contributed by atoms with Crippen LogP contribution in [-0.4, -0.2) is 50.3 Å². The van der Waals surface area contributed by atoms with Crippen LogP contribution in [-0.2, 0) is 0 Å². The van der Waals surface area contributed by atoms with Gasteiger partial charge in [0.1, 0.15) is 0 Å². The number of hydrogen-bond donors (Lipinski definition) is 3. The van der Waals surface area contributed by atoms with Gasteiger partial charge in [0.2, 0.25) is 0 Å². The first-order valence-corrected chi connectivity index (χ1v) is 6.73. The van der Waals surface area contributed by atoms with E-state index >= 15 is 0 Å². The monoisotopic (exact) mass is 226 g/mol. The van der Waals surface area contributed by atoms with Gasteiger partial charge >= 0.3 is 0 Å². The highest BCUT2D eigenvalue weighted by molar-refractivity contribution is 4.89. The molecule has 2 fully saturated rings. The van der Waals surface area contributed by atoms with Gasteiger partial charge in [-0.1, -0.05) is 6.92 Å². The van der Waals surface area contributed by atoms with Crippen molar-refractivity contribution in [2.75, 3.05) is 39.3 Å². The van der Waals surface area contributed by atoms with Crippen LogP contribution in [0.1, 0.15) is 19.8 Å². The number of likely N-dealkylation sites (tertiary alicyclic amines) is 1. The maximum Gasteiger partial charge on any atom is 0.0639 e. The Morgan fingerprint density at radius 2 is 2.31 bits per heavy atom. The van der Waals surface area contributed by atoms with Crippen molar-refractivity contribution in [1.82, 2.24) is 15.5 Å². The minimum atomic E-state index is 0.593. The summed E-state index contributed by atoms with van der Waals surface area (Å²) in [6.07, 6.45) is 3.18. The minimum absolute atomic E-state index is 0.593. The van der Waals surface area contributed by atoms with Crippen molar-refractivity contribution >= 4 is 0 Å². The van der Waals surface area contributed by atoms with Crippen LogP contribution in [0.2, 0.25) is 0 Å². The van der Waals surface area contributed by atoms with E-state index in [0.29, 0.717) is 6.17 Å². The molecule has 2 rings (SSSR count). The smallest absolute Gasteiger partial charge is 0.0639 e. The highest BCUT2D eigenvalue weighted by Gasteiger charge is 2.34. The van der Waals surface area contributed by atoms with E-state index in [1.165, 1.54) is 32.5 Å². The van der Waals surface area contributed by atoms with Gasteiger partial charge in [0.25, 0.3) is 0 Å². The van der Waals surface area contributed by atoms with Crippen molar-refractivity contribution in [2.45, 2.75) is 25.9 Å². The van der Waals surface area contributed by atoms with Crippen LogP contribution in [0.3, 0.4) is 0 Å². The number of rotatable bonds is 5. The molecule has 16 heavy (non-hydrogen) atoms. The summed E-state index contributed by atoms with van der Waals surface area (Å²) in [6.45, 7) is 8.84. The summed E-state index contributed by atoms with van der Waals surface area (Å²) in [4.78, 5) is 2.60. The fourth-order valence-corrected chi connectivity index (χ4v) is 3.02. The zero-order valence-electron chi connectivity index (χ0n) is 10.4. The normalized spacial score (nSPS) is 36.0. The van der Waals surface area contributed by atoms with Gasteiger partial charge in [0.15, 0.2) is 0 Å². The van der Waals surface area contributed by atoms with E-state index in [2.05, 4.69) is 22.5 Å². The van der Waals surface area contributed by atoms with E-state index in [-0.39, 0.29) is 0 Å². The van der Waals surface area contributed by atoms with Crippen molar-refractivity contribution in [3.05, 3.63) is 0 Å². The van der Waals surface area contributed by atoms with Crippen LogP contribution in [0.5, 0.6) is 0 Å². The standard InChI is InChI=1S/C12H26N4/c1-2-14-8-11-3-5-15-12(11)16-6-4-10(7-13)9-16/h10-12,14-15H,2-9,13H2,1H3. The third-order valence-corrected chi connectivity index (χ3v) is 4.02. The maximum absolute atomic E-state index is 5.75. The molecule has 0 aromatic carbocycles. The summed E-state index contributed by atoms with van der Waals surface area (Å²) in [5.74, 6) is 1.50. The van der Waals surface area contributed by atoms with Gasteiger partial charge < -0.3 is 16.4 Å². The molecule has 0 saturated carbocycles. The zero-order valence-corrected chi connectivity index (χ0v) is 10.4. The predicted octanol–water partition coefficient (Wildman–Crippen LogP) is -0.188. The van der Waals surface area contributed by atoms with Crippen LogP contribution < -0.4 is 16.4 Å². The van der Waals surface area contributed by atoms with Gasteiger partial charge in [-0.3, -0.25) is 4.90 Å². The third kappa shape index (κ3) is 2.74. The molecule has 2 aliphatic heterocycles. The van der Waals surface area contributed by atoms with Crippen LogP contribution in [0, 0.1) is 11.8 Å². The molecule has 0 aliphatic carbocycles. The molecule has 94 valence electrons. The lowest BCUT2D eigenvalue weighted by molar-refractivity contribution is 0.170. The number of hydrogen-bond acceptors (Lipinski definition) is 4. The molecule has 0 radical (unpaired) electrons. The molecular weight excluding hydrogens is 200 g/mol. The fourth-order valence-electron chi connectivity index (χ4n) is 3.02. The summed E-state index contributed by atoms with van der Waals surface area (Å²) in [6, 6.07) is 0. The average molecular weight is 226 g/mol. The Labute approximate surface area is 98.9 Å². The molecule has 0 amide bonds. The van der Waals surface area contributed by atoms with Crippen LogP contribution in [0.25, 0.3) is 0 Å². The van der Waals surface area contributed by atoms with Crippen LogP contribution in [0.15, 0.2) is 0 Å². The molecule has 3 unspecified atom stereocenters. The number of nitrogens with zero attached hydrogens (tertiary/aromatic N) is 1. The largest absolute Gasteiger partial charge is 0.330 e. The van der Waals surface area contributed by atoms with Crippen molar-refractivity contribution in [2.24, 2.45) is 17.6 Å². The molecule has 4 nitrogen and oxygen atoms in total.